The fraction of sp³-hybridized carbons (Fsp3) is 0.385. The third-order valence-electron chi connectivity index (χ3n) is 2.77. The molecule has 2 rings (SSSR count). The van der Waals surface area contributed by atoms with Gasteiger partial charge in [0.05, 0.1) is 5.75 Å². The molecule has 6 nitrogen and oxygen atoms in total. The number of benzene rings is 1. The summed E-state index contributed by atoms with van der Waals surface area (Å²) < 4.78 is 1.54. The number of aryl methyl sites for hydroxylation is 1. The number of para-hydroxylation sites is 1. The molecule has 0 bridgehead atoms. The van der Waals surface area contributed by atoms with Crippen molar-refractivity contribution in [3.8, 4) is 0 Å². The maximum atomic E-state index is 12.0. The van der Waals surface area contributed by atoms with Gasteiger partial charge in [0.2, 0.25) is 11.1 Å². The van der Waals surface area contributed by atoms with Gasteiger partial charge in [-0.2, -0.15) is 0 Å². The van der Waals surface area contributed by atoms with Crippen molar-refractivity contribution >= 4 is 23.4 Å². The lowest BCUT2D eigenvalue weighted by molar-refractivity contribution is -0.113. The summed E-state index contributed by atoms with van der Waals surface area (Å²) >= 11 is 1.31. The van der Waals surface area contributed by atoms with Gasteiger partial charge in [0.25, 0.3) is 0 Å². The van der Waals surface area contributed by atoms with Crippen LogP contribution in [-0.4, -0.2) is 31.9 Å². The third kappa shape index (κ3) is 3.57. The summed E-state index contributed by atoms with van der Waals surface area (Å²) in [4.78, 5) is 12.0. The predicted molar refractivity (Wildman–Crippen MR) is 78.7 cm³/mol. The Balaban J connectivity index is 1.97. The summed E-state index contributed by atoms with van der Waals surface area (Å²) in [6.07, 6.45) is 0. The second kappa shape index (κ2) is 6.51. The highest BCUT2D eigenvalue weighted by Gasteiger charge is 2.11. The molecule has 20 heavy (non-hydrogen) atoms. The molecule has 0 aliphatic heterocycles. The number of hydrogen-bond donors (Lipinski definition) is 1. The van der Waals surface area contributed by atoms with Crippen molar-refractivity contribution in [2.75, 3.05) is 11.1 Å². The highest BCUT2D eigenvalue weighted by Crippen LogP contribution is 2.24. The fourth-order valence-corrected chi connectivity index (χ4v) is 2.42. The molecule has 0 fully saturated rings. The minimum absolute atomic E-state index is 0.0638. The molecule has 0 unspecified atom stereocenters. The van der Waals surface area contributed by atoms with Crippen LogP contribution in [0.15, 0.2) is 29.4 Å². The lowest BCUT2D eigenvalue weighted by Gasteiger charge is -2.13. The first-order chi connectivity index (χ1) is 9.58. The molecule has 0 atom stereocenters. The lowest BCUT2D eigenvalue weighted by Crippen LogP contribution is -2.16. The quantitative estimate of drug-likeness (QED) is 0.854. The van der Waals surface area contributed by atoms with Crippen LogP contribution in [0.2, 0.25) is 0 Å². The van der Waals surface area contributed by atoms with E-state index in [9.17, 15) is 4.79 Å². The van der Waals surface area contributed by atoms with Crippen molar-refractivity contribution in [3.63, 3.8) is 0 Å². The van der Waals surface area contributed by atoms with Crippen LogP contribution in [0.5, 0.6) is 0 Å². The molecular formula is C13H17N5OS. The number of amides is 1. The van der Waals surface area contributed by atoms with Crippen LogP contribution in [0, 0.1) is 0 Å². The molecule has 106 valence electrons. The van der Waals surface area contributed by atoms with Crippen LogP contribution in [0.3, 0.4) is 0 Å². The second-order valence-electron chi connectivity index (χ2n) is 4.66. The molecule has 1 amide bonds. The van der Waals surface area contributed by atoms with Crippen molar-refractivity contribution in [1.82, 2.24) is 20.2 Å². The topological polar surface area (TPSA) is 72.7 Å². The Morgan fingerprint density at radius 3 is 2.80 bits per heavy atom. The molecular weight excluding hydrogens is 274 g/mol. The Labute approximate surface area is 121 Å². The number of anilines is 1. The minimum atomic E-state index is -0.0638. The van der Waals surface area contributed by atoms with E-state index < -0.39 is 0 Å². The number of thioether (sulfide) groups is 1. The normalized spacial score (nSPS) is 10.8. The third-order valence-corrected chi connectivity index (χ3v) is 3.78. The fourth-order valence-electron chi connectivity index (χ4n) is 1.77. The van der Waals surface area contributed by atoms with Gasteiger partial charge in [0.1, 0.15) is 0 Å². The highest BCUT2D eigenvalue weighted by molar-refractivity contribution is 7.99. The van der Waals surface area contributed by atoms with Gasteiger partial charge in [0.15, 0.2) is 0 Å². The van der Waals surface area contributed by atoms with Crippen molar-refractivity contribution in [3.05, 3.63) is 29.8 Å². The maximum absolute atomic E-state index is 12.0. The largest absolute Gasteiger partial charge is 0.325 e. The van der Waals surface area contributed by atoms with Crippen molar-refractivity contribution < 1.29 is 4.79 Å². The van der Waals surface area contributed by atoms with Crippen LogP contribution in [0.1, 0.15) is 25.3 Å². The number of aromatic nitrogens is 4. The SMILES string of the molecule is CC(C)c1ccccc1NC(=O)CSc1nnnn1C. The minimum Gasteiger partial charge on any atom is -0.325 e. The average molecular weight is 291 g/mol. The van der Waals surface area contributed by atoms with Gasteiger partial charge in [-0.05, 0) is 28.0 Å². The van der Waals surface area contributed by atoms with Crippen LogP contribution >= 0.6 is 11.8 Å². The summed E-state index contributed by atoms with van der Waals surface area (Å²) in [5, 5.41) is 14.6. The number of nitrogens with one attached hydrogen (secondary N) is 1. The Morgan fingerprint density at radius 2 is 2.15 bits per heavy atom. The van der Waals surface area contributed by atoms with Crippen LogP contribution < -0.4 is 5.32 Å². The van der Waals surface area contributed by atoms with E-state index in [2.05, 4.69) is 34.7 Å². The summed E-state index contributed by atoms with van der Waals surface area (Å²) in [5.74, 6) is 0.578. The van der Waals surface area contributed by atoms with Crippen LogP contribution in [0.4, 0.5) is 5.69 Å². The van der Waals surface area contributed by atoms with E-state index in [1.54, 1.807) is 11.7 Å². The molecule has 1 aromatic heterocycles. The number of rotatable bonds is 5. The van der Waals surface area contributed by atoms with E-state index in [0.717, 1.165) is 11.3 Å². The average Bonchev–Trinajstić information content (AvgIpc) is 2.82. The molecule has 0 saturated carbocycles. The van der Waals surface area contributed by atoms with E-state index in [4.69, 9.17) is 0 Å². The van der Waals surface area contributed by atoms with Crippen LogP contribution in [0.25, 0.3) is 0 Å². The monoisotopic (exact) mass is 291 g/mol. The molecule has 0 spiro atoms. The molecule has 1 N–H and O–H groups in total. The summed E-state index contributed by atoms with van der Waals surface area (Å²) in [6.45, 7) is 4.20. The lowest BCUT2D eigenvalue weighted by atomic mass is 10.0. The molecule has 0 radical (unpaired) electrons. The number of tetrazole rings is 1. The first-order valence-electron chi connectivity index (χ1n) is 6.32. The second-order valence-corrected chi connectivity index (χ2v) is 5.61. The molecule has 1 aromatic carbocycles. The maximum Gasteiger partial charge on any atom is 0.234 e. The molecule has 1 heterocycles. The Morgan fingerprint density at radius 1 is 1.40 bits per heavy atom. The summed E-state index contributed by atoms with van der Waals surface area (Å²) in [6, 6.07) is 7.84. The van der Waals surface area contributed by atoms with Gasteiger partial charge >= 0.3 is 0 Å². The summed E-state index contributed by atoms with van der Waals surface area (Å²) in [5.41, 5.74) is 2.00. The van der Waals surface area contributed by atoms with Gasteiger partial charge in [-0.1, -0.05) is 43.8 Å². The Hall–Kier alpha value is -1.89. The van der Waals surface area contributed by atoms with Crippen LogP contribution in [-0.2, 0) is 11.8 Å². The summed E-state index contributed by atoms with van der Waals surface area (Å²) in [7, 11) is 1.74. The molecule has 0 aliphatic rings. The van der Waals surface area contributed by atoms with Crippen molar-refractivity contribution in [1.29, 1.82) is 0 Å². The highest BCUT2D eigenvalue weighted by atomic mass is 32.2. The Kier molecular flexibility index (Phi) is 4.73. The zero-order chi connectivity index (χ0) is 14.5. The number of hydrogen-bond acceptors (Lipinski definition) is 5. The zero-order valence-corrected chi connectivity index (χ0v) is 12.5. The number of carbonyl (C=O) groups is 1. The smallest absolute Gasteiger partial charge is 0.234 e. The molecule has 7 heteroatoms. The van der Waals surface area contributed by atoms with E-state index in [0.29, 0.717) is 11.1 Å². The van der Waals surface area contributed by atoms with Gasteiger partial charge < -0.3 is 5.32 Å². The molecule has 0 saturated heterocycles. The van der Waals surface area contributed by atoms with Gasteiger partial charge in [-0.3, -0.25) is 4.79 Å². The van der Waals surface area contributed by atoms with E-state index >= 15 is 0 Å². The Bertz CT molecular complexity index is 596. The predicted octanol–water partition coefficient (Wildman–Crippen LogP) is 2.06. The first-order valence-corrected chi connectivity index (χ1v) is 7.30. The van der Waals surface area contributed by atoms with Gasteiger partial charge in [-0.15, -0.1) is 5.10 Å². The van der Waals surface area contributed by atoms with E-state index in [1.165, 1.54) is 11.8 Å². The van der Waals surface area contributed by atoms with E-state index in [-0.39, 0.29) is 11.7 Å². The van der Waals surface area contributed by atoms with Gasteiger partial charge in [0, 0.05) is 12.7 Å². The molecule has 0 aliphatic carbocycles. The van der Waals surface area contributed by atoms with E-state index in [1.807, 2.05) is 24.3 Å². The van der Waals surface area contributed by atoms with Crippen molar-refractivity contribution in [2.45, 2.75) is 24.9 Å². The van der Waals surface area contributed by atoms with Gasteiger partial charge in [-0.25, -0.2) is 4.68 Å². The number of carbonyl (C=O) groups excluding carboxylic acids is 1. The standard InChI is InChI=1S/C13H17N5OS/c1-9(2)10-6-4-5-7-11(10)14-12(19)8-20-13-15-16-17-18(13)3/h4-7,9H,8H2,1-3H3,(H,14,19). The zero-order valence-electron chi connectivity index (χ0n) is 11.7. The molecule has 2 aromatic rings. The number of nitrogens with zero attached hydrogens (tertiary/aromatic N) is 4. The first kappa shape index (κ1) is 14.5. The van der Waals surface area contributed by atoms with Crippen molar-refractivity contribution in [2.24, 2.45) is 7.05 Å².